The summed E-state index contributed by atoms with van der Waals surface area (Å²) in [5.74, 6) is 2.32. The second-order valence-corrected chi connectivity index (χ2v) is 6.18. The zero-order valence-corrected chi connectivity index (χ0v) is 11.8. The summed E-state index contributed by atoms with van der Waals surface area (Å²) in [7, 11) is 0. The van der Waals surface area contributed by atoms with Crippen LogP contribution in [-0.4, -0.2) is 25.3 Å². The first-order valence-corrected chi connectivity index (χ1v) is 7.84. The Hall–Kier alpha value is -1.88. The fraction of sp³-hybridized carbons (Fsp3) is 0.267. The van der Waals surface area contributed by atoms with Gasteiger partial charge >= 0.3 is 0 Å². The third kappa shape index (κ3) is 1.89. The van der Waals surface area contributed by atoms with Crippen LogP contribution in [0.25, 0.3) is 16.9 Å². The van der Waals surface area contributed by atoms with Crippen molar-refractivity contribution in [3.05, 3.63) is 48.7 Å². The quantitative estimate of drug-likeness (QED) is 0.722. The van der Waals surface area contributed by atoms with Gasteiger partial charge in [0.25, 0.3) is 0 Å². The van der Waals surface area contributed by atoms with Crippen LogP contribution in [0, 0.1) is 0 Å². The van der Waals surface area contributed by atoms with Crippen molar-refractivity contribution in [1.82, 2.24) is 19.5 Å². The van der Waals surface area contributed by atoms with Gasteiger partial charge in [-0.2, -0.15) is 11.8 Å². The summed E-state index contributed by atoms with van der Waals surface area (Å²) in [6.45, 7) is 0. The molecule has 1 unspecified atom stereocenters. The minimum absolute atomic E-state index is 0.462. The molecular weight excluding hydrogens is 268 g/mol. The minimum atomic E-state index is 0.462. The number of aromatic nitrogens is 4. The Morgan fingerprint density at radius 3 is 2.95 bits per heavy atom. The minimum Gasteiger partial charge on any atom is -0.278 e. The number of hydrogen-bond acceptors (Lipinski definition) is 4. The van der Waals surface area contributed by atoms with Crippen LogP contribution in [0.1, 0.15) is 23.9 Å². The summed E-state index contributed by atoms with van der Waals surface area (Å²) in [6, 6.07) is 7.98. The Morgan fingerprint density at radius 2 is 2.15 bits per heavy atom. The van der Waals surface area contributed by atoms with E-state index in [1.54, 1.807) is 6.20 Å². The second-order valence-electron chi connectivity index (χ2n) is 4.86. The molecule has 4 nitrogen and oxygen atoms in total. The van der Waals surface area contributed by atoms with E-state index in [0.29, 0.717) is 5.25 Å². The van der Waals surface area contributed by atoms with Crippen molar-refractivity contribution in [2.45, 2.75) is 18.1 Å². The van der Waals surface area contributed by atoms with Crippen LogP contribution in [0.4, 0.5) is 0 Å². The zero-order valence-electron chi connectivity index (χ0n) is 10.9. The van der Waals surface area contributed by atoms with E-state index < -0.39 is 0 Å². The highest BCUT2D eigenvalue weighted by atomic mass is 32.2. The maximum absolute atomic E-state index is 4.82. The molecule has 0 aliphatic carbocycles. The topological polar surface area (TPSA) is 43.6 Å². The second kappa shape index (κ2) is 4.90. The van der Waals surface area contributed by atoms with Crippen LogP contribution < -0.4 is 0 Å². The van der Waals surface area contributed by atoms with Crippen molar-refractivity contribution < 1.29 is 0 Å². The average Bonchev–Trinajstić information content (AvgIpc) is 3.15. The van der Waals surface area contributed by atoms with Gasteiger partial charge in [0.2, 0.25) is 0 Å². The molecule has 1 saturated heterocycles. The lowest BCUT2D eigenvalue weighted by Crippen LogP contribution is -2.04. The number of fused-ring (bicyclic) bond motifs is 1. The molecule has 20 heavy (non-hydrogen) atoms. The molecule has 0 N–H and O–H groups in total. The lowest BCUT2D eigenvalue weighted by atomic mass is 10.2. The summed E-state index contributed by atoms with van der Waals surface area (Å²) in [6.07, 6.45) is 7.94. The number of hydrogen-bond donors (Lipinski definition) is 0. The molecule has 100 valence electrons. The Kier molecular flexibility index (Phi) is 2.92. The Balaban J connectivity index is 1.98. The summed E-state index contributed by atoms with van der Waals surface area (Å²) < 4.78 is 2.16. The van der Waals surface area contributed by atoms with Gasteiger partial charge in [-0.15, -0.1) is 0 Å². The van der Waals surface area contributed by atoms with E-state index in [0.717, 1.165) is 22.7 Å². The molecule has 0 radical (unpaired) electrons. The monoisotopic (exact) mass is 282 g/mol. The number of imidazole rings is 1. The van der Waals surface area contributed by atoms with Crippen LogP contribution in [0.5, 0.6) is 0 Å². The van der Waals surface area contributed by atoms with E-state index in [2.05, 4.69) is 20.6 Å². The van der Waals surface area contributed by atoms with Crippen molar-refractivity contribution in [1.29, 1.82) is 0 Å². The molecule has 1 aliphatic rings. The maximum atomic E-state index is 4.82. The van der Waals surface area contributed by atoms with Gasteiger partial charge in [0, 0.05) is 12.4 Å². The lowest BCUT2D eigenvalue weighted by Gasteiger charge is -2.12. The fourth-order valence-corrected chi connectivity index (χ4v) is 3.93. The smallest absolute Gasteiger partial charge is 0.164 e. The van der Waals surface area contributed by atoms with Crippen molar-refractivity contribution in [2.24, 2.45) is 0 Å². The molecule has 3 aromatic rings. The first-order valence-electron chi connectivity index (χ1n) is 6.79. The Labute approximate surface area is 121 Å². The van der Waals surface area contributed by atoms with Crippen molar-refractivity contribution in [3.8, 4) is 5.69 Å². The highest BCUT2D eigenvalue weighted by Gasteiger charge is 2.25. The van der Waals surface area contributed by atoms with Gasteiger partial charge in [0.15, 0.2) is 5.65 Å². The highest BCUT2D eigenvalue weighted by Crippen LogP contribution is 2.40. The SMILES string of the molecule is c1cncc(-n2c(C3CCCS3)nc3cccnc32)c1. The van der Waals surface area contributed by atoms with Gasteiger partial charge in [0.1, 0.15) is 11.3 Å². The molecule has 1 atom stereocenters. The average molecular weight is 282 g/mol. The van der Waals surface area contributed by atoms with Crippen molar-refractivity contribution in [3.63, 3.8) is 0 Å². The third-order valence-corrected chi connectivity index (χ3v) is 4.94. The number of thioether (sulfide) groups is 1. The lowest BCUT2D eigenvalue weighted by molar-refractivity contribution is 0.764. The molecule has 5 heteroatoms. The van der Waals surface area contributed by atoms with E-state index >= 15 is 0 Å². The van der Waals surface area contributed by atoms with Gasteiger partial charge in [-0.3, -0.25) is 9.55 Å². The molecule has 3 aromatic heterocycles. The predicted octanol–water partition coefficient (Wildman–Crippen LogP) is 3.38. The Morgan fingerprint density at radius 1 is 1.20 bits per heavy atom. The molecule has 4 heterocycles. The summed E-state index contributed by atoms with van der Waals surface area (Å²) in [4.78, 5) is 13.6. The standard InChI is InChI=1S/C15H14N4S/c1-4-11(10-16-7-1)19-14-12(5-2-8-17-14)18-15(19)13-6-3-9-20-13/h1-2,4-5,7-8,10,13H,3,6,9H2. The van der Waals surface area contributed by atoms with Crippen LogP contribution in [0.3, 0.4) is 0 Å². The van der Waals surface area contributed by atoms with Gasteiger partial charge in [-0.25, -0.2) is 9.97 Å². The first-order chi connectivity index (χ1) is 9.93. The maximum Gasteiger partial charge on any atom is 0.164 e. The number of rotatable bonds is 2. The first kappa shape index (κ1) is 11.9. The van der Waals surface area contributed by atoms with Crippen LogP contribution in [0.15, 0.2) is 42.9 Å². The largest absolute Gasteiger partial charge is 0.278 e. The highest BCUT2D eigenvalue weighted by molar-refractivity contribution is 7.99. The van der Waals surface area contributed by atoms with Gasteiger partial charge < -0.3 is 0 Å². The Bertz CT molecular complexity index is 732. The van der Waals surface area contributed by atoms with Crippen LogP contribution in [0.2, 0.25) is 0 Å². The van der Waals surface area contributed by atoms with E-state index in [9.17, 15) is 0 Å². The molecule has 0 bridgehead atoms. The fourth-order valence-electron chi connectivity index (χ4n) is 2.67. The van der Waals surface area contributed by atoms with Gasteiger partial charge in [-0.05, 0) is 42.9 Å². The van der Waals surface area contributed by atoms with E-state index in [1.807, 2.05) is 42.4 Å². The molecule has 1 aliphatic heterocycles. The molecule has 0 saturated carbocycles. The van der Waals surface area contributed by atoms with Gasteiger partial charge in [0.05, 0.1) is 17.1 Å². The van der Waals surface area contributed by atoms with E-state index in [4.69, 9.17) is 4.98 Å². The molecule has 4 rings (SSSR count). The van der Waals surface area contributed by atoms with Gasteiger partial charge in [-0.1, -0.05) is 0 Å². The van der Waals surface area contributed by atoms with E-state index in [1.165, 1.54) is 18.6 Å². The molecular formula is C15H14N4S. The summed E-state index contributed by atoms with van der Waals surface area (Å²) in [5, 5.41) is 0.462. The molecule has 0 amide bonds. The van der Waals surface area contributed by atoms with Crippen molar-refractivity contribution >= 4 is 22.9 Å². The van der Waals surface area contributed by atoms with Crippen LogP contribution >= 0.6 is 11.8 Å². The van der Waals surface area contributed by atoms with Crippen LogP contribution in [-0.2, 0) is 0 Å². The third-order valence-electron chi connectivity index (χ3n) is 3.56. The normalized spacial score (nSPS) is 18.7. The number of pyridine rings is 2. The molecule has 0 spiro atoms. The molecule has 0 aromatic carbocycles. The zero-order chi connectivity index (χ0) is 13.4. The van der Waals surface area contributed by atoms with Crippen molar-refractivity contribution in [2.75, 3.05) is 5.75 Å². The number of nitrogens with zero attached hydrogens (tertiary/aromatic N) is 4. The predicted molar refractivity (Wildman–Crippen MR) is 81.1 cm³/mol. The summed E-state index contributed by atoms with van der Waals surface area (Å²) in [5.41, 5.74) is 2.91. The summed E-state index contributed by atoms with van der Waals surface area (Å²) >= 11 is 1.99. The van der Waals surface area contributed by atoms with E-state index in [-0.39, 0.29) is 0 Å². The molecule has 1 fully saturated rings.